The molecule has 1 aliphatic rings. The molecule has 1 aliphatic heterocycles. The van der Waals surface area contributed by atoms with Gasteiger partial charge in [0, 0.05) is 12.8 Å². The number of quaternary nitrogens is 1. The standard InChI is InChI=1S/C18H28N2O/c1-16(2)15-18(21)20-13-11-19(12-14-20)10-6-9-17-7-4-3-5-8-17/h3-5,7-8,16H,6,9-15H2,1-2H3/p+1. The van der Waals surface area contributed by atoms with Gasteiger partial charge in [-0.25, -0.2) is 0 Å². The van der Waals surface area contributed by atoms with E-state index in [4.69, 9.17) is 0 Å². The first-order chi connectivity index (χ1) is 10.1. The van der Waals surface area contributed by atoms with Crippen LogP contribution < -0.4 is 4.90 Å². The number of hydrogen-bond donors (Lipinski definition) is 1. The van der Waals surface area contributed by atoms with Gasteiger partial charge in [-0.1, -0.05) is 44.2 Å². The van der Waals surface area contributed by atoms with Crippen LogP contribution in [-0.4, -0.2) is 43.5 Å². The summed E-state index contributed by atoms with van der Waals surface area (Å²) in [5.74, 6) is 0.807. The van der Waals surface area contributed by atoms with E-state index in [-0.39, 0.29) is 0 Å². The third kappa shape index (κ3) is 5.50. The van der Waals surface area contributed by atoms with E-state index in [9.17, 15) is 4.79 Å². The van der Waals surface area contributed by atoms with Crippen molar-refractivity contribution in [1.82, 2.24) is 4.90 Å². The molecule has 0 saturated carbocycles. The van der Waals surface area contributed by atoms with Gasteiger partial charge in [-0.15, -0.1) is 0 Å². The molecule has 3 nitrogen and oxygen atoms in total. The summed E-state index contributed by atoms with van der Waals surface area (Å²) in [5, 5.41) is 0. The van der Waals surface area contributed by atoms with Gasteiger partial charge < -0.3 is 9.80 Å². The highest BCUT2D eigenvalue weighted by Crippen LogP contribution is 2.04. The monoisotopic (exact) mass is 289 g/mol. The Hall–Kier alpha value is -1.35. The predicted octanol–water partition coefficient (Wildman–Crippen LogP) is 1.39. The van der Waals surface area contributed by atoms with Crippen molar-refractivity contribution in [2.24, 2.45) is 5.92 Å². The normalized spacial score (nSPS) is 16.4. The zero-order valence-electron chi connectivity index (χ0n) is 13.5. The lowest BCUT2D eigenvalue weighted by Crippen LogP contribution is -3.14. The summed E-state index contributed by atoms with van der Waals surface area (Å²) in [6, 6.07) is 10.7. The first kappa shape index (κ1) is 16.0. The van der Waals surface area contributed by atoms with Crippen molar-refractivity contribution in [3.05, 3.63) is 35.9 Å². The fraction of sp³-hybridized carbons (Fsp3) is 0.611. The van der Waals surface area contributed by atoms with Crippen molar-refractivity contribution >= 4 is 5.91 Å². The van der Waals surface area contributed by atoms with Crippen LogP contribution >= 0.6 is 0 Å². The molecule has 2 rings (SSSR count). The minimum atomic E-state index is 0.341. The van der Waals surface area contributed by atoms with Gasteiger partial charge >= 0.3 is 0 Å². The molecule has 0 aromatic heterocycles. The average Bonchev–Trinajstić information content (AvgIpc) is 2.48. The van der Waals surface area contributed by atoms with E-state index in [0.29, 0.717) is 18.2 Å². The van der Waals surface area contributed by atoms with Crippen LogP contribution in [0.1, 0.15) is 32.3 Å². The van der Waals surface area contributed by atoms with Gasteiger partial charge in [0.2, 0.25) is 5.91 Å². The number of carbonyl (C=O) groups is 1. The lowest BCUT2D eigenvalue weighted by atomic mass is 10.1. The van der Waals surface area contributed by atoms with Crippen LogP contribution in [-0.2, 0) is 11.2 Å². The van der Waals surface area contributed by atoms with Crippen molar-refractivity contribution in [1.29, 1.82) is 0 Å². The Labute approximate surface area is 128 Å². The number of carbonyl (C=O) groups excluding carboxylic acids is 1. The molecule has 1 heterocycles. The van der Waals surface area contributed by atoms with Crippen LogP contribution in [0.5, 0.6) is 0 Å². The average molecular weight is 289 g/mol. The largest absolute Gasteiger partial charge is 0.332 e. The fourth-order valence-electron chi connectivity index (χ4n) is 2.99. The number of rotatable bonds is 6. The number of hydrogen-bond acceptors (Lipinski definition) is 1. The summed E-state index contributed by atoms with van der Waals surface area (Å²) in [5.41, 5.74) is 1.43. The Kier molecular flexibility index (Phi) is 6.24. The van der Waals surface area contributed by atoms with E-state index in [2.05, 4.69) is 49.1 Å². The number of aryl methyl sites for hydroxylation is 1. The smallest absolute Gasteiger partial charge is 0.223 e. The van der Waals surface area contributed by atoms with Gasteiger partial charge in [0.15, 0.2) is 0 Å². The van der Waals surface area contributed by atoms with Crippen LogP contribution in [0.3, 0.4) is 0 Å². The summed E-state index contributed by atoms with van der Waals surface area (Å²) in [6.07, 6.45) is 3.10. The topological polar surface area (TPSA) is 24.8 Å². The molecule has 0 spiro atoms. The van der Waals surface area contributed by atoms with Crippen LogP contribution in [0.15, 0.2) is 30.3 Å². The predicted molar refractivity (Wildman–Crippen MR) is 86.4 cm³/mol. The lowest BCUT2D eigenvalue weighted by Gasteiger charge is -2.32. The molecule has 116 valence electrons. The van der Waals surface area contributed by atoms with Crippen LogP contribution in [0.4, 0.5) is 0 Å². The van der Waals surface area contributed by atoms with Crippen molar-refractivity contribution < 1.29 is 9.69 Å². The third-order valence-electron chi connectivity index (χ3n) is 4.24. The zero-order chi connectivity index (χ0) is 15.1. The molecule has 3 heteroatoms. The SMILES string of the molecule is CC(C)CC(=O)N1CC[NH+](CCCc2ccccc2)CC1. The van der Waals surface area contributed by atoms with Crippen molar-refractivity contribution in [3.63, 3.8) is 0 Å². The molecule has 0 radical (unpaired) electrons. The fourth-order valence-corrected chi connectivity index (χ4v) is 2.99. The molecular weight excluding hydrogens is 260 g/mol. The Morgan fingerprint density at radius 2 is 1.86 bits per heavy atom. The molecule has 1 aromatic rings. The molecule has 1 N–H and O–H groups in total. The molecular formula is C18H29N2O+. The Morgan fingerprint density at radius 3 is 2.48 bits per heavy atom. The molecule has 1 saturated heterocycles. The minimum absolute atomic E-state index is 0.341. The van der Waals surface area contributed by atoms with Gasteiger partial charge in [-0.2, -0.15) is 0 Å². The van der Waals surface area contributed by atoms with E-state index in [0.717, 1.165) is 26.2 Å². The number of amides is 1. The number of nitrogens with zero attached hydrogens (tertiary/aromatic N) is 1. The minimum Gasteiger partial charge on any atom is -0.332 e. The van der Waals surface area contributed by atoms with E-state index in [1.807, 2.05) is 0 Å². The molecule has 1 fully saturated rings. The van der Waals surface area contributed by atoms with Gasteiger partial charge in [-0.3, -0.25) is 4.79 Å². The lowest BCUT2D eigenvalue weighted by molar-refractivity contribution is -0.904. The Balaban J connectivity index is 1.64. The maximum absolute atomic E-state index is 12.0. The van der Waals surface area contributed by atoms with E-state index < -0.39 is 0 Å². The third-order valence-corrected chi connectivity index (χ3v) is 4.24. The maximum Gasteiger partial charge on any atom is 0.223 e. The van der Waals surface area contributed by atoms with Crippen LogP contribution in [0.2, 0.25) is 0 Å². The van der Waals surface area contributed by atoms with Gasteiger partial charge in [-0.05, 0) is 17.9 Å². The van der Waals surface area contributed by atoms with Crippen LogP contribution in [0.25, 0.3) is 0 Å². The summed E-state index contributed by atoms with van der Waals surface area (Å²) in [4.78, 5) is 15.7. The van der Waals surface area contributed by atoms with E-state index >= 15 is 0 Å². The molecule has 21 heavy (non-hydrogen) atoms. The summed E-state index contributed by atoms with van der Waals surface area (Å²) in [6.45, 7) is 9.54. The highest BCUT2D eigenvalue weighted by Gasteiger charge is 2.23. The van der Waals surface area contributed by atoms with Crippen molar-refractivity contribution in [3.8, 4) is 0 Å². The van der Waals surface area contributed by atoms with Crippen molar-refractivity contribution in [2.45, 2.75) is 33.1 Å². The van der Waals surface area contributed by atoms with Crippen LogP contribution in [0, 0.1) is 5.92 Å². The summed E-state index contributed by atoms with van der Waals surface area (Å²) >= 11 is 0. The van der Waals surface area contributed by atoms with Gasteiger partial charge in [0.05, 0.1) is 32.7 Å². The van der Waals surface area contributed by atoms with Gasteiger partial charge in [0.1, 0.15) is 0 Å². The number of benzene rings is 1. The van der Waals surface area contributed by atoms with E-state index in [1.165, 1.54) is 24.9 Å². The number of piperazine rings is 1. The van der Waals surface area contributed by atoms with Gasteiger partial charge in [0.25, 0.3) is 0 Å². The first-order valence-electron chi connectivity index (χ1n) is 8.30. The maximum atomic E-state index is 12.0. The number of nitrogens with one attached hydrogen (secondary N) is 1. The molecule has 0 bridgehead atoms. The molecule has 1 aromatic carbocycles. The Morgan fingerprint density at radius 1 is 1.19 bits per heavy atom. The highest BCUT2D eigenvalue weighted by molar-refractivity contribution is 5.76. The second-order valence-corrected chi connectivity index (χ2v) is 6.57. The zero-order valence-corrected chi connectivity index (χ0v) is 13.5. The second-order valence-electron chi connectivity index (χ2n) is 6.57. The molecule has 1 amide bonds. The Bertz CT molecular complexity index is 422. The molecule has 0 unspecified atom stereocenters. The summed E-state index contributed by atoms with van der Waals surface area (Å²) < 4.78 is 0. The molecule has 0 atom stereocenters. The molecule has 0 aliphatic carbocycles. The quantitative estimate of drug-likeness (QED) is 0.841. The second kappa shape index (κ2) is 8.18. The first-order valence-corrected chi connectivity index (χ1v) is 8.30. The van der Waals surface area contributed by atoms with E-state index in [1.54, 1.807) is 4.90 Å². The van der Waals surface area contributed by atoms with Crippen molar-refractivity contribution in [2.75, 3.05) is 32.7 Å². The summed E-state index contributed by atoms with van der Waals surface area (Å²) in [7, 11) is 0. The highest BCUT2D eigenvalue weighted by atomic mass is 16.2.